The second-order valence-electron chi connectivity index (χ2n) is 3.97. The van der Waals surface area contributed by atoms with Gasteiger partial charge in [0.2, 0.25) is 0 Å². The third kappa shape index (κ3) is 2.92. The fourth-order valence-electron chi connectivity index (χ4n) is 1.69. The van der Waals surface area contributed by atoms with E-state index in [9.17, 15) is 0 Å². The van der Waals surface area contributed by atoms with Gasteiger partial charge in [0.05, 0.1) is 10.7 Å². The van der Waals surface area contributed by atoms with E-state index in [1.165, 1.54) is 0 Å². The van der Waals surface area contributed by atoms with Gasteiger partial charge in [0.25, 0.3) is 0 Å². The number of nitrogens with zero attached hydrogens (tertiary/aromatic N) is 2. The van der Waals surface area contributed by atoms with Gasteiger partial charge in [-0.25, -0.2) is 9.97 Å². The molecule has 2 rings (SSSR count). The molecule has 18 heavy (non-hydrogen) atoms. The van der Waals surface area contributed by atoms with Crippen LogP contribution < -0.4 is 5.73 Å². The molecule has 2 aromatic rings. The van der Waals surface area contributed by atoms with Crippen molar-refractivity contribution in [3.8, 4) is 11.3 Å². The molecule has 0 aliphatic heterocycles. The number of halogens is 2. The van der Waals surface area contributed by atoms with E-state index in [-0.39, 0.29) is 0 Å². The van der Waals surface area contributed by atoms with Gasteiger partial charge in [-0.2, -0.15) is 0 Å². The summed E-state index contributed by atoms with van der Waals surface area (Å²) in [6, 6.07) is 7.02. The van der Waals surface area contributed by atoms with Gasteiger partial charge in [-0.1, -0.05) is 30.1 Å². The topological polar surface area (TPSA) is 51.8 Å². The molecule has 0 radical (unpaired) electrons. The summed E-state index contributed by atoms with van der Waals surface area (Å²) in [4.78, 5) is 8.66. The predicted molar refractivity (Wildman–Crippen MR) is 75.9 cm³/mol. The first-order valence-electron chi connectivity index (χ1n) is 5.69. The summed E-state index contributed by atoms with van der Waals surface area (Å²) in [7, 11) is 0. The van der Waals surface area contributed by atoms with Gasteiger partial charge in [0, 0.05) is 23.1 Å². The third-order valence-electron chi connectivity index (χ3n) is 2.47. The monoisotopic (exact) mass is 281 g/mol. The van der Waals surface area contributed by atoms with Gasteiger partial charge in [-0.3, -0.25) is 0 Å². The van der Waals surface area contributed by atoms with E-state index in [0.717, 1.165) is 29.9 Å². The van der Waals surface area contributed by atoms with Crippen LogP contribution in [0.15, 0.2) is 24.3 Å². The molecule has 3 nitrogen and oxygen atoms in total. The highest BCUT2D eigenvalue weighted by molar-refractivity contribution is 6.36. The molecule has 0 amide bonds. The maximum atomic E-state index is 6.16. The van der Waals surface area contributed by atoms with Crippen molar-refractivity contribution in [1.29, 1.82) is 0 Å². The lowest BCUT2D eigenvalue weighted by molar-refractivity contribution is 0.839. The quantitative estimate of drug-likeness (QED) is 0.926. The second-order valence-corrected chi connectivity index (χ2v) is 4.81. The first-order valence-corrected chi connectivity index (χ1v) is 6.44. The number of hydrogen-bond acceptors (Lipinski definition) is 3. The van der Waals surface area contributed by atoms with Crippen LogP contribution in [-0.2, 0) is 6.42 Å². The smallest absolute Gasteiger partial charge is 0.131 e. The van der Waals surface area contributed by atoms with E-state index in [1.807, 2.05) is 6.07 Å². The summed E-state index contributed by atoms with van der Waals surface area (Å²) in [6.07, 6.45) is 1.76. The van der Waals surface area contributed by atoms with E-state index in [1.54, 1.807) is 18.2 Å². The van der Waals surface area contributed by atoms with Crippen molar-refractivity contribution in [1.82, 2.24) is 9.97 Å². The average molecular weight is 282 g/mol. The number of rotatable bonds is 3. The maximum absolute atomic E-state index is 6.16. The molecule has 1 aromatic carbocycles. The van der Waals surface area contributed by atoms with E-state index >= 15 is 0 Å². The van der Waals surface area contributed by atoms with Crippen molar-refractivity contribution in [2.45, 2.75) is 19.8 Å². The largest absolute Gasteiger partial charge is 0.384 e. The fraction of sp³-hybridized carbons (Fsp3) is 0.231. The maximum Gasteiger partial charge on any atom is 0.131 e. The minimum Gasteiger partial charge on any atom is -0.384 e. The van der Waals surface area contributed by atoms with Crippen molar-refractivity contribution < 1.29 is 0 Å². The number of aryl methyl sites for hydroxylation is 1. The second kappa shape index (κ2) is 5.55. The zero-order chi connectivity index (χ0) is 13.1. The van der Waals surface area contributed by atoms with Gasteiger partial charge in [0.15, 0.2) is 0 Å². The van der Waals surface area contributed by atoms with Crippen LogP contribution in [0, 0.1) is 0 Å². The molecule has 0 bridgehead atoms. The van der Waals surface area contributed by atoms with Crippen LogP contribution in [0.2, 0.25) is 10.0 Å². The standard InChI is InChI=1S/C13H13Cl2N3/c1-2-3-13-17-11(7-12(16)18-13)9-5-4-8(14)6-10(9)15/h4-7H,2-3H2,1H3,(H2,16,17,18). The molecule has 0 spiro atoms. The molecular weight excluding hydrogens is 269 g/mol. The molecule has 1 heterocycles. The zero-order valence-corrected chi connectivity index (χ0v) is 11.5. The van der Waals surface area contributed by atoms with Crippen LogP contribution in [0.3, 0.4) is 0 Å². The van der Waals surface area contributed by atoms with Crippen LogP contribution in [0.1, 0.15) is 19.2 Å². The van der Waals surface area contributed by atoms with Crippen LogP contribution >= 0.6 is 23.2 Å². The van der Waals surface area contributed by atoms with E-state index in [4.69, 9.17) is 28.9 Å². The predicted octanol–water partition coefficient (Wildman–Crippen LogP) is 3.99. The number of nitrogens with two attached hydrogens (primary N) is 1. The molecule has 0 fully saturated rings. The number of hydrogen-bond donors (Lipinski definition) is 1. The van der Waals surface area contributed by atoms with Crippen molar-refractivity contribution in [2.75, 3.05) is 5.73 Å². The normalized spacial score (nSPS) is 10.6. The fourth-order valence-corrected chi connectivity index (χ4v) is 2.19. The number of aromatic nitrogens is 2. The summed E-state index contributed by atoms with van der Waals surface area (Å²) in [5.74, 6) is 1.19. The Labute approximate surface area is 116 Å². The Morgan fingerprint density at radius 1 is 1.17 bits per heavy atom. The number of benzene rings is 1. The molecule has 0 unspecified atom stereocenters. The molecular formula is C13H13Cl2N3. The van der Waals surface area contributed by atoms with Gasteiger partial charge >= 0.3 is 0 Å². The van der Waals surface area contributed by atoms with Crippen LogP contribution in [-0.4, -0.2) is 9.97 Å². The minimum absolute atomic E-state index is 0.453. The SMILES string of the molecule is CCCc1nc(N)cc(-c2ccc(Cl)cc2Cl)n1. The Kier molecular flexibility index (Phi) is 4.04. The van der Waals surface area contributed by atoms with Gasteiger partial charge in [0.1, 0.15) is 11.6 Å². The highest BCUT2D eigenvalue weighted by Crippen LogP contribution is 2.29. The molecule has 0 saturated carbocycles. The van der Waals surface area contributed by atoms with Crippen LogP contribution in [0.4, 0.5) is 5.82 Å². The van der Waals surface area contributed by atoms with Crippen LogP contribution in [0.5, 0.6) is 0 Å². The molecule has 0 aliphatic carbocycles. The van der Waals surface area contributed by atoms with Crippen molar-refractivity contribution in [3.05, 3.63) is 40.1 Å². The minimum atomic E-state index is 0.453. The molecule has 1 aromatic heterocycles. The van der Waals surface area contributed by atoms with Crippen molar-refractivity contribution in [3.63, 3.8) is 0 Å². The number of nitrogen functional groups attached to an aromatic ring is 1. The average Bonchev–Trinajstić information content (AvgIpc) is 2.28. The molecule has 0 saturated heterocycles. The molecule has 5 heteroatoms. The Hall–Kier alpha value is -1.32. The van der Waals surface area contributed by atoms with Gasteiger partial charge in [-0.05, 0) is 24.6 Å². The Bertz CT molecular complexity index is 570. The summed E-state index contributed by atoms with van der Waals surface area (Å²) in [5, 5.41) is 1.16. The van der Waals surface area contributed by atoms with Gasteiger partial charge in [-0.15, -0.1) is 0 Å². The van der Waals surface area contributed by atoms with Crippen molar-refractivity contribution in [2.24, 2.45) is 0 Å². The first-order chi connectivity index (χ1) is 8.60. The molecule has 94 valence electrons. The lowest BCUT2D eigenvalue weighted by Gasteiger charge is -2.07. The Morgan fingerprint density at radius 3 is 2.61 bits per heavy atom. The van der Waals surface area contributed by atoms with Gasteiger partial charge < -0.3 is 5.73 Å². The van der Waals surface area contributed by atoms with Crippen molar-refractivity contribution >= 4 is 29.0 Å². The first kappa shape index (κ1) is 13.1. The highest BCUT2D eigenvalue weighted by Gasteiger charge is 2.08. The summed E-state index contributed by atoms with van der Waals surface area (Å²) < 4.78 is 0. The summed E-state index contributed by atoms with van der Waals surface area (Å²) in [6.45, 7) is 2.07. The van der Waals surface area contributed by atoms with E-state index < -0.39 is 0 Å². The van der Waals surface area contributed by atoms with Crippen LogP contribution in [0.25, 0.3) is 11.3 Å². The Balaban J connectivity index is 2.49. The lowest BCUT2D eigenvalue weighted by Crippen LogP contribution is -2.01. The zero-order valence-electron chi connectivity index (χ0n) is 9.95. The lowest BCUT2D eigenvalue weighted by atomic mass is 10.1. The molecule has 2 N–H and O–H groups in total. The summed E-state index contributed by atoms with van der Waals surface area (Å²) in [5.41, 5.74) is 7.33. The highest BCUT2D eigenvalue weighted by atomic mass is 35.5. The number of anilines is 1. The van der Waals surface area contributed by atoms with E-state index in [2.05, 4.69) is 16.9 Å². The molecule has 0 atom stereocenters. The third-order valence-corrected chi connectivity index (χ3v) is 3.02. The summed E-state index contributed by atoms with van der Waals surface area (Å²) >= 11 is 12.0. The van der Waals surface area contributed by atoms with E-state index in [0.29, 0.717) is 15.9 Å². The molecule has 0 aliphatic rings. The Morgan fingerprint density at radius 2 is 1.94 bits per heavy atom.